The van der Waals surface area contributed by atoms with E-state index in [1.807, 2.05) is 46.6 Å². The van der Waals surface area contributed by atoms with Crippen molar-refractivity contribution >= 4 is 5.91 Å². The minimum Gasteiger partial charge on any atom is -0.500 e. The van der Waals surface area contributed by atoms with Gasteiger partial charge in [-0.15, -0.1) is 0 Å². The average Bonchev–Trinajstić information content (AvgIpc) is 2.32. The number of hydrogen-bond donors (Lipinski definition) is 1. The van der Waals surface area contributed by atoms with Gasteiger partial charge < -0.3 is 10.1 Å². The van der Waals surface area contributed by atoms with E-state index in [-0.39, 0.29) is 17.4 Å². The standard InChI is InChI=1S/C17H32N2O2/c1-12(2)19(9)17(7,8)15(20)18-13(3)11-14(21-10)16(4,5)6/h11-12H,3H2,1-2,4-10H3,(H,18,20)/b14-11-. The molecule has 1 N–H and O–H groups in total. The maximum Gasteiger partial charge on any atom is 0.244 e. The molecule has 1 amide bonds. The maximum atomic E-state index is 12.5. The molecule has 0 unspecified atom stereocenters. The first kappa shape index (κ1) is 19.7. The van der Waals surface area contributed by atoms with Crippen LogP contribution in [0.25, 0.3) is 0 Å². The molecule has 0 aliphatic heterocycles. The van der Waals surface area contributed by atoms with Crippen molar-refractivity contribution in [2.45, 2.75) is 60.0 Å². The predicted molar refractivity (Wildman–Crippen MR) is 88.8 cm³/mol. The lowest BCUT2D eigenvalue weighted by Crippen LogP contribution is -2.55. The number of methoxy groups -OCH3 is 1. The number of nitrogens with one attached hydrogen (secondary N) is 1. The molecule has 0 aromatic rings. The van der Waals surface area contributed by atoms with E-state index in [0.717, 1.165) is 5.76 Å². The largest absolute Gasteiger partial charge is 0.500 e. The molecular weight excluding hydrogens is 264 g/mol. The van der Waals surface area contributed by atoms with Crippen LogP contribution in [-0.4, -0.2) is 36.5 Å². The van der Waals surface area contributed by atoms with E-state index in [2.05, 4.69) is 25.7 Å². The van der Waals surface area contributed by atoms with E-state index in [4.69, 9.17) is 4.74 Å². The summed E-state index contributed by atoms with van der Waals surface area (Å²) in [5.74, 6) is 0.701. The Balaban J connectivity index is 5.03. The van der Waals surface area contributed by atoms with E-state index in [1.165, 1.54) is 0 Å². The van der Waals surface area contributed by atoms with Gasteiger partial charge in [-0.3, -0.25) is 9.69 Å². The van der Waals surface area contributed by atoms with Gasteiger partial charge in [-0.05, 0) is 40.8 Å². The summed E-state index contributed by atoms with van der Waals surface area (Å²) >= 11 is 0. The third-order valence-electron chi connectivity index (χ3n) is 3.75. The zero-order valence-corrected chi connectivity index (χ0v) is 15.1. The molecule has 0 fully saturated rings. The molecule has 4 heteroatoms. The third-order valence-corrected chi connectivity index (χ3v) is 3.75. The lowest BCUT2D eigenvalue weighted by Gasteiger charge is -2.37. The van der Waals surface area contributed by atoms with Gasteiger partial charge in [0.2, 0.25) is 5.91 Å². The fourth-order valence-corrected chi connectivity index (χ4v) is 1.88. The summed E-state index contributed by atoms with van der Waals surface area (Å²) in [4.78, 5) is 14.5. The fraction of sp³-hybridized carbons (Fsp3) is 0.706. The summed E-state index contributed by atoms with van der Waals surface area (Å²) in [5.41, 5.74) is -0.205. The highest BCUT2D eigenvalue weighted by Gasteiger charge is 2.33. The maximum absolute atomic E-state index is 12.5. The number of nitrogens with zero attached hydrogens (tertiary/aromatic N) is 1. The van der Waals surface area contributed by atoms with Crippen molar-refractivity contribution in [2.75, 3.05) is 14.2 Å². The van der Waals surface area contributed by atoms with Crippen molar-refractivity contribution in [3.63, 3.8) is 0 Å². The molecule has 0 heterocycles. The van der Waals surface area contributed by atoms with E-state index in [1.54, 1.807) is 13.2 Å². The second kappa shape index (κ2) is 7.12. The molecule has 0 atom stereocenters. The van der Waals surface area contributed by atoms with Crippen molar-refractivity contribution in [3.05, 3.63) is 24.1 Å². The second-order valence-corrected chi connectivity index (χ2v) is 7.21. The quantitative estimate of drug-likeness (QED) is 0.604. The SMILES string of the molecule is C=C(/C=C(\OC)C(C)(C)C)NC(=O)C(C)(C)N(C)C(C)C. The molecule has 122 valence electrons. The summed E-state index contributed by atoms with van der Waals surface area (Å²) in [5, 5.41) is 2.86. The van der Waals surface area contributed by atoms with Crippen LogP contribution in [-0.2, 0) is 9.53 Å². The van der Waals surface area contributed by atoms with Crippen LogP contribution in [0.4, 0.5) is 0 Å². The van der Waals surface area contributed by atoms with Crippen LogP contribution in [0.1, 0.15) is 48.5 Å². The number of carbonyl (C=O) groups excluding carboxylic acids is 1. The van der Waals surface area contributed by atoms with Crippen LogP contribution in [0.15, 0.2) is 24.1 Å². The van der Waals surface area contributed by atoms with Crippen LogP contribution in [0.3, 0.4) is 0 Å². The average molecular weight is 296 g/mol. The molecule has 0 saturated heterocycles. The summed E-state index contributed by atoms with van der Waals surface area (Å²) in [7, 11) is 3.57. The molecule has 0 bridgehead atoms. The number of carbonyl (C=O) groups is 1. The molecule has 21 heavy (non-hydrogen) atoms. The number of ether oxygens (including phenoxy) is 1. The topological polar surface area (TPSA) is 41.6 Å². The molecule has 0 saturated carbocycles. The van der Waals surface area contributed by atoms with Crippen molar-refractivity contribution in [2.24, 2.45) is 5.41 Å². The van der Waals surface area contributed by atoms with Gasteiger partial charge in [0, 0.05) is 17.2 Å². The smallest absolute Gasteiger partial charge is 0.244 e. The number of rotatable bonds is 6. The van der Waals surface area contributed by atoms with Crippen molar-refractivity contribution in [1.82, 2.24) is 10.2 Å². The van der Waals surface area contributed by atoms with Crippen LogP contribution >= 0.6 is 0 Å². The normalized spacial score (nSPS) is 13.6. The summed E-state index contributed by atoms with van der Waals surface area (Å²) in [6.07, 6.45) is 1.78. The first-order chi connectivity index (χ1) is 9.33. The van der Waals surface area contributed by atoms with Gasteiger partial charge in [0.25, 0.3) is 0 Å². The van der Waals surface area contributed by atoms with E-state index in [9.17, 15) is 4.79 Å². The number of allylic oxidation sites excluding steroid dienone is 2. The Kier molecular flexibility index (Phi) is 6.68. The highest BCUT2D eigenvalue weighted by atomic mass is 16.5. The van der Waals surface area contributed by atoms with Gasteiger partial charge in [0.05, 0.1) is 12.6 Å². The van der Waals surface area contributed by atoms with E-state index in [0.29, 0.717) is 5.70 Å². The Labute approximate surface area is 130 Å². The lowest BCUT2D eigenvalue weighted by atomic mass is 9.93. The summed E-state index contributed by atoms with van der Waals surface area (Å²) in [6.45, 7) is 18.0. The van der Waals surface area contributed by atoms with Crippen molar-refractivity contribution in [1.29, 1.82) is 0 Å². The Morgan fingerprint density at radius 3 is 2.05 bits per heavy atom. The molecule has 0 aromatic heterocycles. The minimum atomic E-state index is -0.611. The molecule has 0 spiro atoms. The Morgan fingerprint density at radius 2 is 1.71 bits per heavy atom. The van der Waals surface area contributed by atoms with Crippen molar-refractivity contribution in [3.8, 4) is 0 Å². The molecular formula is C17H32N2O2. The Bertz CT molecular complexity index is 415. The van der Waals surface area contributed by atoms with Gasteiger partial charge in [0.15, 0.2) is 0 Å². The zero-order chi connectivity index (χ0) is 17.0. The fourth-order valence-electron chi connectivity index (χ4n) is 1.88. The minimum absolute atomic E-state index is 0.0793. The highest BCUT2D eigenvalue weighted by molar-refractivity contribution is 5.87. The monoisotopic (exact) mass is 296 g/mol. The number of hydrogen-bond acceptors (Lipinski definition) is 3. The van der Waals surface area contributed by atoms with E-state index < -0.39 is 5.54 Å². The summed E-state index contributed by atoms with van der Waals surface area (Å²) < 4.78 is 5.38. The number of amides is 1. The molecule has 0 aliphatic rings. The van der Waals surface area contributed by atoms with Crippen molar-refractivity contribution < 1.29 is 9.53 Å². The van der Waals surface area contributed by atoms with Crippen LogP contribution in [0, 0.1) is 5.41 Å². The molecule has 0 aromatic carbocycles. The molecule has 0 rings (SSSR count). The first-order valence-electron chi connectivity index (χ1n) is 7.33. The predicted octanol–water partition coefficient (Wildman–Crippen LogP) is 3.31. The lowest BCUT2D eigenvalue weighted by molar-refractivity contribution is -0.131. The highest BCUT2D eigenvalue weighted by Crippen LogP contribution is 2.26. The van der Waals surface area contributed by atoms with Gasteiger partial charge >= 0.3 is 0 Å². The van der Waals surface area contributed by atoms with Gasteiger partial charge in [-0.2, -0.15) is 0 Å². The van der Waals surface area contributed by atoms with Crippen LogP contribution in [0.5, 0.6) is 0 Å². The van der Waals surface area contributed by atoms with Gasteiger partial charge in [-0.1, -0.05) is 27.4 Å². The van der Waals surface area contributed by atoms with Gasteiger partial charge in [0.1, 0.15) is 5.76 Å². The van der Waals surface area contributed by atoms with Crippen LogP contribution in [0.2, 0.25) is 0 Å². The Hall–Kier alpha value is -1.29. The van der Waals surface area contributed by atoms with Crippen LogP contribution < -0.4 is 5.32 Å². The molecule has 4 nitrogen and oxygen atoms in total. The van der Waals surface area contributed by atoms with E-state index >= 15 is 0 Å². The Morgan fingerprint density at radius 1 is 1.24 bits per heavy atom. The van der Waals surface area contributed by atoms with Gasteiger partial charge in [-0.25, -0.2) is 0 Å². The number of likely N-dealkylation sites (N-methyl/N-ethyl adjacent to an activating group) is 1. The third kappa shape index (κ3) is 5.54. The molecule has 0 radical (unpaired) electrons. The second-order valence-electron chi connectivity index (χ2n) is 7.21. The summed E-state index contributed by atoms with van der Waals surface area (Å²) in [6, 6.07) is 0.277. The first-order valence-corrected chi connectivity index (χ1v) is 7.33. The zero-order valence-electron chi connectivity index (χ0n) is 15.1. The molecule has 0 aliphatic carbocycles.